The van der Waals surface area contributed by atoms with Gasteiger partial charge >= 0.3 is 0 Å². The van der Waals surface area contributed by atoms with Crippen LogP contribution in [0.3, 0.4) is 0 Å². The second kappa shape index (κ2) is 4.99. The van der Waals surface area contributed by atoms with Gasteiger partial charge < -0.3 is 9.64 Å². The van der Waals surface area contributed by atoms with Crippen LogP contribution in [0.25, 0.3) is 0 Å². The molecular formula is C15H21NO. The molecule has 0 unspecified atom stereocenters. The summed E-state index contributed by atoms with van der Waals surface area (Å²) in [6, 6.07) is 8.54. The van der Waals surface area contributed by atoms with Crippen LogP contribution in [0, 0.1) is 0 Å². The van der Waals surface area contributed by atoms with Crippen LogP contribution in [0.4, 0.5) is 5.69 Å². The standard InChI is InChI=1S/C15H21NO/c1-2-8-13(7-1)17-15-10-4-3-9-14(15)16-11-5-6-12-16/h3-4,9-10,13H,1-2,5-8,11-12H2. The molecule has 1 aromatic carbocycles. The number of anilines is 1. The van der Waals surface area contributed by atoms with Crippen molar-refractivity contribution in [3.63, 3.8) is 0 Å². The summed E-state index contributed by atoms with van der Waals surface area (Å²) in [6.07, 6.45) is 8.21. The van der Waals surface area contributed by atoms with Gasteiger partial charge in [0.05, 0.1) is 11.8 Å². The number of benzene rings is 1. The summed E-state index contributed by atoms with van der Waals surface area (Å²) in [6.45, 7) is 2.37. The number of para-hydroxylation sites is 2. The SMILES string of the molecule is c1ccc(N2CCCC2)c(OC2CCCC2)c1. The predicted octanol–water partition coefficient (Wildman–Crippen LogP) is 3.61. The number of nitrogens with zero attached hydrogens (tertiary/aromatic N) is 1. The van der Waals surface area contributed by atoms with Crippen molar-refractivity contribution >= 4 is 5.69 Å². The molecule has 92 valence electrons. The molecule has 17 heavy (non-hydrogen) atoms. The molecule has 0 spiro atoms. The topological polar surface area (TPSA) is 12.5 Å². The number of ether oxygens (including phenoxy) is 1. The van der Waals surface area contributed by atoms with E-state index in [1.807, 2.05) is 0 Å². The zero-order chi connectivity index (χ0) is 11.5. The zero-order valence-electron chi connectivity index (χ0n) is 10.4. The highest BCUT2D eigenvalue weighted by Crippen LogP contribution is 2.33. The third-order valence-electron chi connectivity index (χ3n) is 3.91. The summed E-state index contributed by atoms with van der Waals surface area (Å²) in [7, 11) is 0. The van der Waals surface area contributed by atoms with Gasteiger partial charge in [-0.05, 0) is 50.7 Å². The minimum absolute atomic E-state index is 0.457. The van der Waals surface area contributed by atoms with Crippen molar-refractivity contribution in [1.29, 1.82) is 0 Å². The highest BCUT2D eigenvalue weighted by atomic mass is 16.5. The molecule has 0 bridgehead atoms. The van der Waals surface area contributed by atoms with Crippen LogP contribution in [0.2, 0.25) is 0 Å². The fraction of sp³-hybridized carbons (Fsp3) is 0.600. The monoisotopic (exact) mass is 231 g/mol. The van der Waals surface area contributed by atoms with E-state index in [2.05, 4.69) is 29.2 Å². The molecule has 1 saturated carbocycles. The average molecular weight is 231 g/mol. The normalized spacial score (nSPS) is 21.1. The Bertz CT molecular complexity index is 365. The third-order valence-corrected chi connectivity index (χ3v) is 3.91. The van der Waals surface area contributed by atoms with E-state index >= 15 is 0 Å². The molecule has 3 rings (SSSR count). The summed E-state index contributed by atoms with van der Waals surface area (Å²) < 4.78 is 6.18. The fourth-order valence-corrected chi connectivity index (χ4v) is 2.96. The van der Waals surface area contributed by atoms with E-state index in [-0.39, 0.29) is 0 Å². The van der Waals surface area contributed by atoms with Crippen molar-refractivity contribution in [2.45, 2.75) is 44.6 Å². The van der Waals surface area contributed by atoms with Crippen LogP contribution >= 0.6 is 0 Å². The molecule has 2 nitrogen and oxygen atoms in total. The van der Waals surface area contributed by atoms with E-state index in [1.165, 1.54) is 57.3 Å². The van der Waals surface area contributed by atoms with Crippen molar-refractivity contribution in [1.82, 2.24) is 0 Å². The van der Waals surface area contributed by atoms with E-state index in [1.54, 1.807) is 0 Å². The molecule has 1 aliphatic carbocycles. The van der Waals surface area contributed by atoms with Crippen molar-refractivity contribution in [3.8, 4) is 5.75 Å². The van der Waals surface area contributed by atoms with E-state index in [0.717, 1.165) is 5.75 Å². The molecule has 0 radical (unpaired) electrons. The molecule has 1 aliphatic heterocycles. The van der Waals surface area contributed by atoms with Gasteiger partial charge in [0.1, 0.15) is 5.75 Å². The van der Waals surface area contributed by atoms with Crippen molar-refractivity contribution in [2.75, 3.05) is 18.0 Å². The van der Waals surface area contributed by atoms with Gasteiger partial charge in [0, 0.05) is 13.1 Å². The van der Waals surface area contributed by atoms with E-state index in [4.69, 9.17) is 4.74 Å². The molecule has 0 aromatic heterocycles. The zero-order valence-corrected chi connectivity index (χ0v) is 10.4. The first-order valence-electron chi connectivity index (χ1n) is 6.94. The van der Waals surface area contributed by atoms with E-state index < -0.39 is 0 Å². The first-order chi connectivity index (χ1) is 8.43. The molecule has 1 aromatic rings. The predicted molar refractivity (Wildman–Crippen MR) is 70.8 cm³/mol. The Labute approximate surface area is 104 Å². The lowest BCUT2D eigenvalue weighted by molar-refractivity contribution is 0.210. The summed E-state index contributed by atoms with van der Waals surface area (Å²) in [5.74, 6) is 1.10. The van der Waals surface area contributed by atoms with E-state index in [9.17, 15) is 0 Å². The first kappa shape index (κ1) is 10.9. The maximum atomic E-state index is 6.18. The molecular weight excluding hydrogens is 210 g/mol. The van der Waals surface area contributed by atoms with Crippen LogP contribution in [-0.4, -0.2) is 19.2 Å². The Morgan fingerprint density at radius 2 is 1.65 bits per heavy atom. The van der Waals surface area contributed by atoms with E-state index in [0.29, 0.717) is 6.10 Å². The molecule has 0 amide bonds. The second-order valence-corrected chi connectivity index (χ2v) is 5.19. The first-order valence-corrected chi connectivity index (χ1v) is 6.94. The van der Waals surface area contributed by atoms with Crippen LogP contribution in [0.1, 0.15) is 38.5 Å². The third kappa shape index (κ3) is 2.41. The Morgan fingerprint density at radius 1 is 0.941 bits per heavy atom. The number of rotatable bonds is 3. The smallest absolute Gasteiger partial charge is 0.143 e. The van der Waals surface area contributed by atoms with Crippen LogP contribution < -0.4 is 9.64 Å². The van der Waals surface area contributed by atoms with Gasteiger partial charge in [-0.25, -0.2) is 0 Å². The van der Waals surface area contributed by atoms with Crippen molar-refractivity contribution < 1.29 is 4.74 Å². The second-order valence-electron chi connectivity index (χ2n) is 5.19. The summed E-state index contributed by atoms with van der Waals surface area (Å²) in [5, 5.41) is 0. The Hall–Kier alpha value is -1.18. The molecule has 1 heterocycles. The van der Waals surface area contributed by atoms with Crippen LogP contribution in [0.15, 0.2) is 24.3 Å². The quantitative estimate of drug-likeness (QED) is 0.788. The van der Waals surface area contributed by atoms with Gasteiger partial charge in [0.15, 0.2) is 0 Å². The Morgan fingerprint density at radius 3 is 2.41 bits per heavy atom. The summed E-state index contributed by atoms with van der Waals surface area (Å²) in [5.41, 5.74) is 1.30. The lowest BCUT2D eigenvalue weighted by Gasteiger charge is -2.23. The maximum absolute atomic E-state index is 6.18. The van der Waals surface area contributed by atoms with Gasteiger partial charge in [-0.2, -0.15) is 0 Å². The van der Waals surface area contributed by atoms with Gasteiger partial charge in [-0.1, -0.05) is 12.1 Å². The molecule has 0 N–H and O–H groups in total. The number of hydrogen-bond donors (Lipinski definition) is 0. The minimum atomic E-state index is 0.457. The molecule has 2 fully saturated rings. The maximum Gasteiger partial charge on any atom is 0.143 e. The lowest BCUT2D eigenvalue weighted by atomic mass is 10.2. The van der Waals surface area contributed by atoms with Crippen molar-refractivity contribution in [2.24, 2.45) is 0 Å². The van der Waals surface area contributed by atoms with Crippen LogP contribution in [0.5, 0.6) is 5.75 Å². The van der Waals surface area contributed by atoms with Gasteiger partial charge in [0.2, 0.25) is 0 Å². The fourth-order valence-electron chi connectivity index (χ4n) is 2.96. The Balaban J connectivity index is 1.77. The Kier molecular flexibility index (Phi) is 3.21. The highest BCUT2D eigenvalue weighted by molar-refractivity contribution is 5.59. The largest absolute Gasteiger partial charge is 0.488 e. The molecule has 0 atom stereocenters. The number of hydrogen-bond acceptors (Lipinski definition) is 2. The van der Waals surface area contributed by atoms with Crippen LogP contribution in [-0.2, 0) is 0 Å². The summed E-state index contributed by atoms with van der Waals surface area (Å²) in [4.78, 5) is 2.46. The summed E-state index contributed by atoms with van der Waals surface area (Å²) >= 11 is 0. The lowest BCUT2D eigenvalue weighted by Crippen LogP contribution is -2.20. The molecule has 2 heteroatoms. The van der Waals surface area contributed by atoms with Gasteiger partial charge in [-0.3, -0.25) is 0 Å². The molecule has 1 saturated heterocycles. The van der Waals surface area contributed by atoms with Gasteiger partial charge in [0.25, 0.3) is 0 Å². The average Bonchev–Trinajstić information content (AvgIpc) is 3.01. The molecule has 2 aliphatic rings. The van der Waals surface area contributed by atoms with Gasteiger partial charge in [-0.15, -0.1) is 0 Å². The minimum Gasteiger partial charge on any atom is -0.488 e. The highest BCUT2D eigenvalue weighted by Gasteiger charge is 2.20. The van der Waals surface area contributed by atoms with Crippen molar-refractivity contribution in [3.05, 3.63) is 24.3 Å².